The molecule has 1 unspecified atom stereocenters. The summed E-state index contributed by atoms with van der Waals surface area (Å²) in [5.74, 6) is -0.352. The lowest BCUT2D eigenvalue weighted by Crippen LogP contribution is -2.32. The number of benzene rings is 1. The lowest BCUT2D eigenvalue weighted by atomic mass is 10.1. The van der Waals surface area contributed by atoms with Gasteiger partial charge in [-0.05, 0) is 32.9 Å². The van der Waals surface area contributed by atoms with Gasteiger partial charge in [0.1, 0.15) is 0 Å². The second-order valence-electron chi connectivity index (χ2n) is 5.47. The zero-order chi connectivity index (χ0) is 16.8. The number of aliphatic hydroxyl groups is 2. The van der Waals surface area contributed by atoms with Crippen molar-refractivity contribution in [3.63, 3.8) is 0 Å². The number of carbonyl (C=O) groups excluding carboxylic acids is 1. The molecule has 1 heterocycles. The first-order valence-corrected chi connectivity index (χ1v) is 7.06. The second-order valence-corrected chi connectivity index (χ2v) is 5.47. The first-order valence-electron chi connectivity index (χ1n) is 7.06. The van der Waals surface area contributed by atoms with Crippen LogP contribution in [0.4, 0.5) is 5.69 Å². The molecule has 1 aliphatic rings. The minimum absolute atomic E-state index is 0.0564. The quantitative estimate of drug-likeness (QED) is 0.739. The van der Waals surface area contributed by atoms with E-state index in [1.165, 1.54) is 6.08 Å². The van der Waals surface area contributed by atoms with Crippen molar-refractivity contribution in [1.29, 1.82) is 0 Å². The summed E-state index contributed by atoms with van der Waals surface area (Å²) in [5, 5.41) is 28.5. The Balaban J connectivity index is 0.000000225. The number of ether oxygens (including phenoxy) is 1. The second kappa shape index (κ2) is 7.93. The topological polar surface area (TPSA) is 90.2 Å². The number of rotatable bonds is 3. The SMILES string of the molecule is CCOC(=O)CC(C)(C)O.OC1C=Cc2ccccc2N1O. The van der Waals surface area contributed by atoms with Gasteiger partial charge in [0.15, 0.2) is 6.23 Å². The van der Waals surface area contributed by atoms with Gasteiger partial charge in [-0.25, -0.2) is 5.06 Å². The molecule has 1 atom stereocenters. The Kier molecular flexibility index (Phi) is 6.55. The van der Waals surface area contributed by atoms with Crippen LogP contribution in [-0.4, -0.2) is 39.8 Å². The summed E-state index contributed by atoms with van der Waals surface area (Å²) in [5.41, 5.74) is 0.588. The molecule has 6 nitrogen and oxygen atoms in total. The third kappa shape index (κ3) is 5.85. The number of nitrogens with zero attached hydrogens (tertiary/aromatic N) is 1. The molecular formula is C16H23NO5. The summed E-state index contributed by atoms with van der Waals surface area (Å²) in [6.45, 7) is 5.25. The van der Waals surface area contributed by atoms with Crippen LogP contribution < -0.4 is 5.06 Å². The van der Waals surface area contributed by atoms with Gasteiger partial charge in [0, 0.05) is 5.56 Å². The van der Waals surface area contributed by atoms with Gasteiger partial charge in [-0.15, -0.1) is 0 Å². The fourth-order valence-corrected chi connectivity index (χ4v) is 1.82. The predicted molar refractivity (Wildman–Crippen MR) is 83.3 cm³/mol. The molecule has 1 aromatic rings. The van der Waals surface area contributed by atoms with Gasteiger partial charge in [-0.3, -0.25) is 10.0 Å². The van der Waals surface area contributed by atoms with E-state index in [2.05, 4.69) is 4.74 Å². The fraction of sp³-hybridized carbons (Fsp3) is 0.438. The van der Waals surface area contributed by atoms with E-state index >= 15 is 0 Å². The molecule has 2 rings (SSSR count). The van der Waals surface area contributed by atoms with E-state index in [9.17, 15) is 15.1 Å². The summed E-state index contributed by atoms with van der Waals surface area (Å²) >= 11 is 0. The summed E-state index contributed by atoms with van der Waals surface area (Å²) < 4.78 is 4.62. The van der Waals surface area contributed by atoms with E-state index in [0.717, 1.165) is 10.6 Å². The molecule has 6 heteroatoms. The molecule has 1 aromatic carbocycles. The predicted octanol–water partition coefficient (Wildman–Crippen LogP) is 1.94. The van der Waals surface area contributed by atoms with Crippen LogP contribution >= 0.6 is 0 Å². The highest BCUT2D eigenvalue weighted by Gasteiger charge is 2.18. The zero-order valence-corrected chi connectivity index (χ0v) is 13.1. The van der Waals surface area contributed by atoms with Crippen molar-refractivity contribution >= 4 is 17.7 Å². The lowest BCUT2D eigenvalue weighted by Gasteiger charge is -2.25. The van der Waals surface area contributed by atoms with Crippen LogP contribution in [0.3, 0.4) is 0 Å². The van der Waals surface area contributed by atoms with E-state index in [1.807, 2.05) is 18.2 Å². The summed E-state index contributed by atoms with van der Waals surface area (Å²) in [7, 11) is 0. The van der Waals surface area contributed by atoms with Crippen molar-refractivity contribution < 1.29 is 25.0 Å². The highest BCUT2D eigenvalue weighted by Crippen LogP contribution is 2.25. The highest BCUT2D eigenvalue weighted by molar-refractivity contribution is 5.70. The van der Waals surface area contributed by atoms with Gasteiger partial charge >= 0.3 is 5.97 Å². The molecule has 0 saturated heterocycles. The molecule has 0 amide bonds. The minimum Gasteiger partial charge on any atom is -0.466 e. The number of esters is 1. The maximum atomic E-state index is 10.7. The van der Waals surface area contributed by atoms with Crippen LogP contribution in [0.5, 0.6) is 0 Å². The van der Waals surface area contributed by atoms with Crippen molar-refractivity contribution in [2.24, 2.45) is 0 Å². The average molecular weight is 309 g/mol. The Bertz CT molecular complexity index is 522. The van der Waals surface area contributed by atoms with Gasteiger partial charge in [0.2, 0.25) is 0 Å². The van der Waals surface area contributed by atoms with Crippen LogP contribution in [-0.2, 0) is 9.53 Å². The molecule has 22 heavy (non-hydrogen) atoms. The molecule has 0 aliphatic carbocycles. The average Bonchev–Trinajstić information content (AvgIpc) is 2.42. The first kappa shape index (κ1) is 18.2. The Morgan fingerprint density at radius 1 is 1.36 bits per heavy atom. The molecule has 0 radical (unpaired) electrons. The minimum atomic E-state index is -0.952. The Morgan fingerprint density at radius 2 is 2.00 bits per heavy atom. The number of para-hydroxylation sites is 1. The standard InChI is InChI=1S/C9H9NO2.C7H14O3/c11-9-6-5-7-3-1-2-4-8(7)10(9)12;1-4-10-6(8)5-7(2,3)9/h1-6,9,11-12H;9H,4-5H2,1-3H3. The van der Waals surface area contributed by atoms with Crippen molar-refractivity contribution in [3.8, 4) is 0 Å². The number of fused-ring (bicyclic) bond motifs is 1. The summed E-state index contributed by atoms with van der Waals surface area (Å²) in [6.07, 6.45) is 2.44. The molecule has 122 valence electrons. The number of hydrogen-bond acceptors (Lipinski definition) is 6. The van der Waals surface area contributed by atoms with E-state index in [4.69, 9.17) is 5.11 Å². The molecule has 0 aromatic heterocycles. The molecular weight excluding hydrogens is 286 g/mol. The number of aliphatic hydroxyl groups excluding tert-OH is 1. The van der Waals surface area contributed by atoms with E-state index in [-0.39, 0.29) is 12.4 Å². The van der Waals surface area contributed by atoms with Gasteiger partial charge < -0.3 is 14.9 Å². The smallest absolute Gasteiger partial charge is 0.308 e. The molecule has 3 N–H and O–H groups in total. The van der Waals surface area contributed by atoms with E-state index < -0.39 is 11.8 Å². The number of anilines is 1. The fourth-order valence-electron chi connectivity index (χ4n) is 1.82. The summed E-state index contributed by atoms with van der Waals surface area (Å²) in [6, 6.07) is 7.33. The zero-order valence-electron chi connectivity index (χ0n) is 13.1. The Hall–Kier alpha value is -1.89. The lowest BCUT2D eigenvalue weighted by molar-refractivity contribution is -0.147. The maximum absolute atomic E-state index is 10.7. The van der Waals surface area contributed by atoms with Crippen LogP contribution in [0, 0.1) is 0 Å². The van der Waals surface area contributed by atoms with Gasteiger partial charge in [0.25, 0.3) is 0 Å². The van der Waals surface area contributed by atoms with Gasteiger partial charge in [-0.2, -0.15) is 0 Å². The van der Waals surface area contributed by atoms with Crippen molar-refractivity contribution in [2.45, 2.75) is 39.0 Å². The van der Waals surface area contributed by atoms with Crippen molar-refractivity contribution in [1.82, 2.24) is 0 Å². The molecule has 1 aliphatic heterocycles. The Labute approximate surface area is 130 Å². The molecule has 0 saturated carbocycles. The molecule has 0 bridgehead atoms. The number of hydroxylamine groups is 1. The molecule has 0 fully saturated rings. The van der Waals surface area contributed by atoms with Crippen molar-refractivity contribution in [2.75, 3.05) is 11.7 Å². The van der Waals surface area contributed by atoms with Crippen LogP contribution in [0.15, 0.2) is 30.3 Å². The van der Waals surface area contributed by atoms with Crippen LogP contribution in [0.1, 0.15) is 32.8 Å². The van der Waals surface area contributed by atoms with E-state index in [0.29, 0.717) is 12.3 Å². The number of carbonyl (C=O) groups is 1. The van der Waals surface area contributed by atoms with E-state index in [1.54, 1.807) is 32.9 Å². The highest BCUT2D eigenvalue weighted by atomic mass is 16.5. The summed E-state index contributed by atoms with van der Waals surface area (Å²) in [4.78, 5) is 10.7. The monoisotopic (exact) mass is 309 g/mol. The maximum Gasteiger partial charge on any atom is 0.308 e. The van der Waals surface area contributed by atoms with Gasteiger partial charge in [0.05, 0.1) is 24.3 Å². The largest absolute Gasteiger partial charge is 0.466 e. The third-order valence-electron chi connectivity index (χ3n) is 2.76. The van der Waals surface area contributed by atoms with Crippen molar-refractivity contribution in [3.05, 3.63) is 35.9 Å². The normalized spacial score (nSPS) is 16.5. The Morgan fingerprint density at radius 3 is 2.59 bits per heavy atom. The molecule has 0 spiro atoms. The third-order valence-corrected chi connectivity index (χ3v) is 2.76. The van der Waals surface area contributed by atoms with Gasteiger partial charge in [-0.1, -0.05) is 24.3 Å². The number of hydrogen-bond donors (Lipinski definition) is 3. The van der Waals surface area contributed by atoms with Crippen LogP contribution in [0.2, 0.25) is 0 Å². The first-order chi connectivity index (χ1) is 10.2. The van der Waals surface area contributed by atoms with Crippen LogP contribution in [0.25, 0.3) is 6.08 Å².